The second kappa shape index (κ2) is 9.06. The van der Waals surface area contributed by atoms with Crippen molar-refractivity contribution in [3.63, 3.8) is 0 Å². The van der Waals surface area contributed by atoms with E-state index in [1.165, 1.54) is 18.2 Å². The first-order chi connectivity index (χ1) is 13.8. The summed E-state index contributed by atoms with van der Waals surface area (Å²) in [6.45, 7) is 0.0635. The van der Waals surface area contributed by atoms with Crippen LogP contribution in [0.25, 0.3) is 0 Å². The second-order valence-corrected chi connectivity index (χ2v) is 9.39. The minimum absolute atomic E-state index is 0.0193. The highest BCUT2D eigenvalue weighted by atomic mass is 35.5. The van der Waals surface area contributed by atoms with Crippen molar-refractivity contribution < 1.29 is 17.9 Å². The summed E-state index contributed by atoms with van der Waals surface area (Å²) in [7, 11) is -2.35. The van der Waals surface area contributed by atoms with Crippen LogP contribution in [-0.2, 0) is 16.6 Å². The fourth-order valence-electron chi connectivity index (χ4n) is 2.19. The van der Waals surface area contributed by atoms with Crippen molar-refractivity contribution in [2.45, 2.75) is 10.9 Å². The molecule has 1 amide bonds. The molecule has 1 aromatic heterocycles. The molecule has 0 fully saturated rings. The predicted octanol–water partition coefficient (Wildman–Crippen LogP) is 3.58. The quantitative estimate of drug-likeness (QED) is 0.508. The van der Waals surface area contributed by atoms with Crippen LogP contribution in [0.1, 0.15) is 15.9 Å². The van der Waals surface area contributed by atoms with Gasteiger partial charge in [-0.3, -0.25) is 10.1 Å². The van der Waals surface area contributed by atoms with Gasteiger partial charge in [0.25, 0.3) is 15.9 Å². The number of rotatable bonds is 7. The lowest BCUT2D eigenvalue weighted by molar-refractivity contribution is 0.102. The van der Waals surface area contributed by atoms with Crippen LogP contribution in [0.4, 0.5) is 5.13 Å². The van der Waals surface area contributed by atoms with E-state index in [0.717, 1.165) is 16.9 Å². The molecule has 0 aliphatic carbocycles. The Labute approximate surface area is 180 Å². The van der Waals surface area contributed by atoms with Gasteiger partial charge in [-0.1, -0.05) is 46.7 Å². The summed E-state index contributed by atoms with van der Waals surface area (Å²) in [5.74, 6) is 0.111. The molecule has 0 spiro atoms. The Bertz CT molecular complexity index is 1130. The first kappa shape index (κ1) is 21.5. The molecule has 1 heterocycles. The van der Waals surface area contributed by atoms with E-state index < -0.39 is 15.9 Å². The van der Waals surface area contributed by atoms with Gasteiger partial charge in [-0.2, -0.15) is 0 Å². The molecular formula is C17H14Cl2N4O4S2. The lowest BCUT2D eigenvalue weighted by Gasteiger charge is -2.05. The van der Waals surface area contributed by atoms with Crippen LogP contribution in [0, 0.1) is 0 Å². The number of amides is 1. The molecule has 0 bridgehead atoms. The normalized spacial score (nSPS) is 11.3. The lowest BCUT2D eigenvalue weighted by atomic mass is 10.2. The first-order valence-corrected chi connectivity index (χ1v) is 11.1. The Morgan fingerprint density at radius 2 is 1.86 bits per heavy atom. The molecule has 152 valence electrons. The SMILES string of the molecule is COc1ccc(CNS(=O)(=O)c2nnc(NC(=O)c3ccc(Cl)cc3Cl)s2)cc1. The predicted molar refractivity (Wildman–Crippen MR) is 111 cm³/mol. The third-order valence-corrected chi connectivity index (χ3v) is 6.81. The molecule has 12 heteroatoms. The lowest BCUT2D eigenvalue weighted by Crippen LogP contribution is -2.23. The van der Waals surface area contributed by atoms with E-state index in [0.29, 0.717) is 10.8 Å². The maximum Gasteiger partial charge on any atom is 0.270 e. The van der Waals surface area contributed by atoms with Crippen molar-refractivity contribution in [2.24, 2.45) is 0 Å². The van der Waals surface area contributed by atoms with E-state index in [1.807, 2.05) is 0 Å². The van der Waals surface area contributed by atoms with Gasteiger partial charge >= 0.3 is 0 Å². The fourth-order valence-corrected chi connectivity index (χ4v) is 4.64. The number of ether oxygens (including phenoxy) is 1. The summed E-state index contributed by atoms with van der Waals surface area (Å²) in [5.41, 5.74) is 0.915. The number of nitrogens with one attached hydrogen (secondary N) is 2. The molecule has 3 aromatic rings. The van der Waals surface area contributed by atoms with Gasteiger partial charge in [0, 0.05) is 11.6 Å². The van der Waals surface area contributed by atoms with Gasteiger partial charge in [0.15, 0.2) is 0 Å². The summed E-state index contributed by atoms with van der Waals surface area (Å²) in [6.07, 6.45) is 0. The van der Waals surface area contributed by atoms with Crippen LogP contribution in [0.3, 0.4) is 0 Å². The monoisotopic (exact) mass is 472 g/mol. The van der Waals surface area contributed by atoms with E-state index in [9.17, 15) is 13.2 Å². The number of anilines is 1. The summed E-state index contributed by atoms with van der Waals surface area (Å²) >= 11 is 12.5. The molecule has 2 N–H and O–H groups in total. The summed E-state index contributed by atoms with van der Waals surface area (Å²) in [4.78, 5) is 12.3. The van der Waals surface area contributed by atoms with Crippen molar-refractivity contribution in [3.8, 4) is 5.75 Å². The van der Waals surface area contributed by atoms with E-state index >= 15 is 0 Å². The zero-order chi connectivity index (χ0) is 21.0. The molecule has 0 saturated heterocycles. The first-order valence-electron chi connectivity index (χ1n) is 8.01. The van der Waals surface area contributed by atoms with E-state index in [2.05, 4.69) is 20.2 Å². The van der Waals surface area contributed by atoms with Gasteiger partial charge in [0.1, 0.15) is 5.75 Å². The number of hydrogen-bond donors (Lipinski definition) is 2. The number of aromatic nitrogens is 2. The largest absolute Gasteiger partial charge is 0.497 e. The van der Waals surface area contributed by atoms with Gasteiger partial charge in [0.05, 0.1) is 17.7 Å². The van der Waals surface area contributed by atoms with Gasteiger partial charge in [-0.15, -0.1) is 10.2 Å². The minimum atomic E-state index is -3.90. The number of carbonyl (C=O) groups is 1. The Balaban J connectivity index is 1.66. The van der Waals surface area contributed by atoms with Crippen LogP contribution >= 0.6 is 34.5 Å². The van der Waals surface area contributed by atoms with Crippen molar-refractivity contribution >= 4 is 55.6 Å². The molecule has 0 unspecified atom stereocenters. The molecule has 0 saturated carbocycles. The summed E-state index contributed by atoms with van der Waals surface area (Å²) in [6, 6.07) is 11.3. The number of benzene rings is 2. The zero-order valence-electron chi connectivity index (χ0n) is 14.8. The van der Waals surface area contributed by atoms with Gasteiger partial charge in [0.2, 0.25) is 9.47 Å². The third kappa shape index (κ3) is 5.43. The number of halogens is 2. The Hall–Kier alpha value is -2.24. The van der Waals surface area contributed by atoms with E-state index in [4.69, 9.17) is 27.9 Å². The third-order valence-electron chi connectivity index (χ3n) is 3.66. The van der Waals surface area contributed by atoms with E-state index in [1.54, 1.807) is 31.4 Å². The van der Waals surface area contributed by atoms with Crippen LogP contribution in [0.5, 0.6) is 5.75 Å². The van der Waals surface area contributed by atoms with Gasteiger partial charge < -0.3 is 4.74 Å². The van der Waals surface area contributed by atoms with E-state index in [-0.39, 0.29) is 26.6 Å². The number of nitrogens with zero attached hydrogens (tertiary/aromatic N) is 2. The molecule has 0 radical (unpaired) electrons. The van der Waals surface area contributed by atoms with Crippen molar-refractivity contribution in [1.29, 1.82) is 0 Å². The molecule has 29 heavy (non-hydrogen) atoms. The standard InChI is InChI=1S/C17H14Cl2N4O4S2/c1-27-12-5-2-10(3-6-12)9-20-29(25,26)17-23-22-16(28-17)21-15(24)13-7-4-11(18)8-14(13)19/h2-8,20H,9H2,1H3,(H,21,22,24). The molecule has 0 aliphatic heterocycles. The Kier molecular flexibility index (Phi) is 6.70. The summed E-state index contributed by atoms with van der Waals surface area (Å²) in [5, 5.41) is 10.4. The number of hydrogen-bond acceptors (Lipinski definition) is 7. The highest BCUT2D eigenvalue weighted by molar-refractivity contribution is 7.91. The molecule has 2 aromatic carbocycles. The Morgan fingerprint density at radius 3 is 2.52 bits per heavy atom. The maximum atomic E-state index is 12.4. The van der Waals surface area contributed by atoms with Crippen LogP contribution in [0.15, 0.2) is 46.8 Å². The molecule has 3 rings (SSSR count). The minimum Gasteiger partial charge on any atom is -0.497 e. The topological polar surface area (TPSA) is 110 Å². The Morgan fingerprint density at radius 1 is 1.14 bits per heavy atom. The highest BCUT2D eigenvalue weighted by Gasteiger charge is 2.21. The highest BCUT2D eigenvalue weighted by Crippen LogP contribution is 2.24. The van der Waals surface area contributed by atoms with Crippen molar-refractivity contribution in [3.05, 3.63) is 63.6 Å². The van der Waals surface area contributed by atoms with Crippen molar-refractivity contribution in [2.75, 3.05) is 12.4 Å². The van der Waals surface area contributed by atoms with Crippen LogP contribution in [0.2, 0.25) is 10.0 Å². The van der Waals surface area contributed by atoms with Crippen LogP contribution < -0.4 is 14.8 Å². The average Bonchev–Trinajstić information content (AvgIpc) is 3.16. The number of sulfonamides is 1. The number of carbonyl (C=O) groups excluding carboxylic acids is 1. The molecule has 0 atom stereocenters. The van der Waals surface area contributed by atoms with Gasteiger partial charge in [-0.05, 0) is 35.9 Å². The molecular weight excluding hydrogens is 459 g/mol. The fraction of sp³-hybridized carbons (Fsp3) is 0.118. The summed E-state index contributed by atoms with van der Waals surface area (Å²) < 4.78 is 32.0. The van der Waals surface area contributed by atoms with Gasteiger partial charge in [-0.25, -0.2) is 13.1 Å². The maximum absolute atomic E-state index is 12.4. The average molecular weight is 473 g/mol. The second-order valence-electron chi connectivity index (χ2n) is 5.62. The number of methoxy groups -OCH3 is 1. The molecule has 0 aliphatic rings. The van der Waals surface area contributed by atoms with Crippen LogP contribution in [-0.4, -0.2) is 31.6 Å². The zero-order valence-corrected chi connectivity index (χ0v) is 18.0. The smallest absolute Gasteiger partial charge is 0.270 e. The van der Waals surface area contributed by atoms with Crippen molar-refractivity contribution in [1.82, 2.24) is 14.9 Å². The molecule has 8 nitrogen and oxygen atoms in total.